The van der Waals surface area contributed by atoms with Crippen molar-refractivity contribution in [2.45, 2.75) is 26.9 Å². The minimum atomic E-state index is 0. The topological polar surface area (TPSA) is 49.8 Å². The van der Waals surface area contributed by atoms with Gasteiger partial charge in [-0.2, -0.15) is 0 Å². The summed E-state index contributed by atoms with van der Waals surface area (Å²) in [6.45, 7) is 6.37. The van der Waals surface area contributed by atoms with Gasteiger partial charge < -0.3 is 15.0 Å². The maximum Gasteiger partial charge on any atom is 0.194 e. The van der Waals surface area contributed by atoms with Crippen LogP contribution in [-0.2, 0) is 13.1 Å². The lowest BCUT2D eigenvalue weighted by atomic mass is 10.2. The van der Waals surface area contributed by atoms with Crippen molar-refractivity contribution in [3.63, 3.8) is 0 Å². The number of ether oxygens (including phenoxy) is 1. The number of guanidine groups is 1. The van der Waals surface area contributed by atoms with E-state index in [0.29, 0.717) is 6.54 Å². The third kappa shape index (κ3) is 6.27. The van der Waals surface area contributed by atoms with Crippen LogP contribution in [0, 0.1) is 6.92 Å². The Morgan fingerprint density at radius 3 is 2.58 bits per heavy atom. The van der Waals surface area contributed by atoms with Gasteiger partial charge >= 0.3 is 0 Å². The third-order valence-corrected chi connectivity index (χ3v) is 4.23. The zero-order valence-electron chi connectivity index (χ0n) is 14.6. The van der Waals surface area contributed by atoms with Gasteiger partial charge in [0.2, 0.25) is 0 Å². The van der Waals surface area contributed by atoms with E-state index >= 15 is 0 Å². The van der Waals surface area contributed by atoms with Gasteiger partial charge in [-0.25, -0.2) is 9.98 Å². The maximum absolute atomic E-state index is 5.20. The number of aromatic nitrogens is 1. The summed E-state index contributed by atoms with van der Waals surface area (Å²) in [6.07, 6.45) is 1.90. The third-order valence-electron chi connectivity index (χ3n) is 3.33. The predicted molar refractivity (Wildman–Crippen MR) is 112 cm³/mol. The van der Waals surface area contributed by atoms with Crippen molar-refractivity contribution in [1.29, 1.82) is 0 Å². The molecule has 2 aromatic rings. The second-order valence-electron chi connectivity index (χ2n) is 5.22. The van der Waals surface area contributed by atoms with E-state index in [4.69, 9.17) is 9.73 Å². The van der Waals surface area contributed by atoms with Crippen LogP contribution in [0.1, 0.15) is 22.4 Å². The predicted octanol–water partition coefficient (Wildman–Crippen LogP) is 3.68. The molecule has 0 aliphatic carbocycles. The highest BCUT2D eigenvalue weighted by atomic mass is 127. The van der Waals surface area contributed by atoms with Crippen LogP contribution in [0.25, 0.3) is 0 Å². The van der Waals surface area contributed by atoms with Gasteiger partial charge in [-0.3, -0.25) is 0 Å². The first kappa shape index (κ1) is 20.7. The number of rotatable bonds is 6. The molecule has 0 aliphatic heterocycles. The number of hydrogen-bond acceptors (Lipinski definition) is 4. The molecule has 132 valence electrons. The lowest BCUT2D eigenvalue weighted by Gasteiger charge is -2.22. The number of hydrogen-bond donors (Lipinski definition) is 1. The van der Waals surface area contributed by atoms with Crippen LogP contribution in [0.15, 0.2) is 35.5 Å². The molecule has 1 heterocycles. The van der Waals surface area contributed by atoms with Crippen molar-refractivity contribution in [3.8, 4) is 5.75 Å². The smallest absolute Gasteiger partial charge is 0.194 e. The fourth-order valence-electron chi connectivity index (χ4n) is 2.18. The Balaban J connectivity index is 0.00000288. The number of aliphatic imine (C=N–C) groups is 1. The summed E-state index contributed by atoms with van der Waals surface area (Å²) in [6, 6.07) is 8.11. The summed E-state index contributed by atoms with van der Waals surface area (Å²) < 4.78 is 5.20. The molecule has 0 bridgehead atoms. The van der Waals surface area contributed by atoms with E-state index in [1.165, 1.54) is 10.4 Å². The van der Waals surface area contributed by atoms with Gasteiger partial charge in [-0.05, 0) is 31.5 Å². The summed E-state index contributed by atoms with van der Waals surface area (Å²) in [7, 11) is 3.72. The van der Waals surface area contributed by atoms with Crippen molar-refractivity contribution in [2.75, 3.05) is 20.7 Å². The van der Waals surface area contributed by atoms with Gasteiger partial charge in [-0.1, -0.05) is 12.1 Å². The number of nitrogens with zero attached hydrogens (tertiary/aromatic N) is 3. The summed E-state index contributed by atoms with van der Waals surface area (Å²) in [5, 5.41) is 4.41. The lowest BCUT2D eigenvalue weighted by Crippen LogP contribution is -2.38. The Morgan fingerprint density at radius 1 is 1.33 bits per heavy atom. The molecule has 7 heteroatoms. The van der Waals surface area contributed by atoms with Crippen molar-refractivity contribution in [2.24, 2.45) is 4.99 Å². The van der Waals surface area contributed by atoms with Gasteiger partial charge in [0.15, 0.2) is 5.96 Å². The minimum Gasteiger partial charge on any atom is -0.497 e. The van der Waals surface area contributed by atoms with Crippen molar-refractivity contribution >= 4 is 41.3 Å². The van der Waals surface area contributed by atoms with Gasteiger partial charge in [0.1, 0.15) is 5.75 Å². The molecule has 0 saturated carbocycles. The Hall–Kier alpha value is -1.35. The molecule has 2 rings (SSSR count). The normalized spacial score (nSPS) is 10.9. The van der Waals surface area contributed by atoms with Crippen molar-refractivity contribution < 1.29 is 4.74 Å². The second kappa shape index (κ2) is 10.5. The van der Waals surface area contributed by atoms with Crippen molar-refractivity contribution in [3.05, 3.63) is 45.9 Å². The summed E-state index contributed by atoms with van der Waals surface area (Å²) >= 11 is 1.69. The van der Waals surface area contributed by atoms with E-state index < -0.39 is 0 Å². The standard InChI is InChI=1S/C17H24N4OS.HI/c1-5-18-17(20-11-16-10-19-13(2)23-16)21(3)12-14-6-8-15(22-4)9-7-14;/h6-10H,5,11-12H2,1-4H3,(H,18,20);1H. The number of halogens is 1. The maximum atomic E-state index is 5.20. The molecule has 24 heavy (non-hydrogen) atoms. The molecule has 0 aliphatic rings. The van der Waals surface area contributed by atoms with E-state index in [9.17, 15) is 0 Å². The average molecular weight is 460 g/mol. The fourth-order valence-corrected chi connectivity index (χ4v) is 2.90. The Bertz CT molecular complexity index is 642. The van der Waals surface area contributed by atoms with Crippen LogP contribution < -0.4 is 10.1 Å². The highest BCUT2D eigenvalue weighted by Gasteiger charge is 2.07. The molecule has 1 aromatic carbocycles. The van der Waals surface area contributed by atoms with Crippen LogP contribution >= 0.6 is 35.3 Å². The quantitative estimate of drug-likeness (QED) is 0.406. The van der Waals surface area contributed by atoms with E-state index in [1.807, 2.05) is 32.3 Å². The molecule has 0 amide bonds. The highest BCUT2D eigenvalue weighted by Crippen LogP contribution is 2.14. The zero-order valence-corrected chi connectivity index (χ0v) is 17.7. The molecule has 5 nitrogen and oxygen atoms in total. The zero-order chi connectivity index (χ0) is 16.7. The van der Waals surface area contributed by atoms with Crippen LogP contribution in [0.3, 0.4) is 0 Å². The summed E-state index contributed by atoms with van der Waals surface area (Å²) in [4.78, 5) is 12.3. The first-order valence-electron chi connectivity index (χ1n) is 7.66. The number of benzene rings is 1. The van der Waals surface area contributed by atoms with E-state index in [-0.39, 0.29) is 24.0 Å². The highest BCUT2D eigenvalue weighted by molar-refractivity contribution is 14.0. The molecule has 0 spiro atoms. The first-order valence-corrected chi connectivity index (χ1v) is 8.47. The van der Waals surface area contributed by atoms with Crippen LogP contribution in [-0.4, -0.2) is 36.5 Å². The molecule has 0 unspecified atom stereocenters. The molecule has 1 aromatic heterocycles. The molecule has 1 N–H and O–H groups in total. The van der Waals surface area contributed by atoms with E-state index in [1.54, 1.807) is 18.4 Å². The molecule has 0 fully saturated rings. The van der Waals surface area contributed by atoms with Crippen LogP contribution in [0.2, 0.25) is 0 Å². The molecular weight excluding hydrogens is 435 g/mol. The van der Waals surface area contributed by atoms with Gasteiger partial charge in [-0.15, -0.1) is 35.3 Å². The fraction of sp³-hybridized carbons (Fsp3) is 0.412. The van der Waals surface area contributed by atoms with Gasteiger partial charge in [0.25, 0.3) is 0 Å². The average Bonchev–Trinajstić information content (AvgIpc) is 2.97. The minimum absolute atomic E-state index is 0. The molecular formula is C17H25IN4OS. The Kier molecular flexibility index (Phi) is 9.05. The molecule has 0 radical (unpaired) electrons. The SMILES string of the molecule is CCNC(=NCc1cnc(C)s1)N(C)Cc1ccc(OC)cc1.I. The van der Waals surface area contributed by atoms with E-state index in [0.717, 1.165) is 29.8 Å². The summed E-state index contributed by atoms with van der Waals surface area (Å²) in [5.74, 6) is 1.77. The number of thiazole rings is 1. The van der Waals surface area contributed by atoms with Crippen LogP contribution in [0.5, 0.6) is 5.75 Å². The second-order valence-corrected chi connectivity index (χ2v) is 6.54. The number of methoxy groups -OCH3 is 1. The lowest BCUT2D eigenvalue weighted by molar-refractivity contribution is 0.414. The monoisotopic (exact) mass is 460 g/mol. The van der Waals surface area contributed by atoms with Crippen molar-refractivity contribution in [1.82, 2.24) is 15.2 Å². The van der Waals surface area contributed by atoms with Gasteiger partial charge in [0.05, 0.1) is 18.7 Å². The van der Waals surface area contributed by atoms with E-state index in [2.05, 4.69) is 34.3 Å². The Labute approximate surface area is 165 Å². The first-order chi connectivity index (χ1) is 11.1. The largest absolute Gasteiger partial charge is 0.497 e. The van der Waals surface area contributed by atoms with Crippen LogP contribution in [0.4, 0.5) is 0 Å². The summed E-state index contributed by atoms with van der Waals surface area (Å²) in [5.41, 5.74) is 1.22. The molecule has 0 saturated heterocycles. The molecule has 0 atom stereocenters. The van der Waals surface area contributed by atoms with Gasteiger partial charge in [0, 0.05) is 31.2 Å². The Morgan fingerprint density at radius 2 is 2.04 bits per heavy atom. The number of aryl methyl sites for hydroxylation is 1. The number of nitrogens with one attached hydrogen (secondary N) is 1.